The summed E-state index contributed by atoms with van der Waals surface area (Å²) in [6.07, 6.45) is 2.82. The van der Waals surface area contributed by atoms with Crippen molar-refractivity contribution in [3.8, 4) is 5.75 Å². The molecule has 0 saturated heterocycles. The Labute approximate surface area is 167 Å². The number of carbonyl (C=O) groups is 2. The Balaban J connectivity index is 1.67. The number of benzene rings is 2. The Bertz CT molecular complexity index is 990. The minimum atomic E-state index is -0.366. The van der Waals surface area contributed by atoms with Gasteiger partial charge in [0.05, 0.1) is 18.2 Å². The van der Waals surface area contributed by atoms with E-state index in [0.29, 0.717) is 28.6 Å². The molecule has 3 aromatic rings. The van der Waals surface area contributed by atoms with E-state index >= 15 is 0 Å². The van der Waals surface area contributed by atoms with E-state index in [2.05, 4.69) is 15.6 Å². The normalized spacial score (nSPS) is 10.2. The third kappa shape index (κ3) is 4.86. The molecule has 1 heterocycles. The average Bonchev–Trinajstić information content (AvgIpc) is 2.74. The third-order valence-corrected chi connectivity index (χ3v) is 4.25. The molecule has 0 aliphatic heterocycles. The van der Waals surface area contributed by atoms with Crippen LogP contribution in [0.5, 0.6) is 5.75 Å². The van der Waals surface area contributed by atoms with Crippen LogP contribution in [0, 0.1) is 0 Å². The number of halogens is 1. The third-order valence-electron chi connectivity index (χ3n) is 4.00. The summed E-state index contributed by atoms with van der Waals surface area (Å²) in [5, 5.41) is 6.12. The largest absolute Gasteiger partial charge is 0.496 e. The molecule has 2 aromatic carbocycles. The van der Waals surface area contributed by atoms with Crippen molar-refractivity contribution in [1.29, 1.82) is 0 Å². The second-order valence-electron chi connectivity index (χ2n) is 5.92. The van der Waals surface area contributed by atoms with Gasteiger partial charge in [-0.3, -0.25) is 14.6 Å². The minimum absolute atomic E-state index is 0.278. The topological polar surface area (TPSA) is 80.3 Å². The molecule has 142 valence electrons. The summed E-state index contributed by atoms with van der Waals surface area (Å²) in [5.74, 6) is -0.00855. The molecular formula is C21H18ClN3O3. The Kier molecular flexibility index (Phi) is 6.24. The zero-order valence-corrected chi connectivity index (χ0v) is 15.9. The maximum atomic E-state index is 12.4. The highest BCUT2D eigenvalue weighted by molar-refractivity contribution is 6.30. The number of aromatic nitrogens is 1. The number of amides is 2. The Morgan fingerprint density at radius 1 is 1.00 bits per heavy atom. The SMILES string of the molecule is COc1ccccc1CNC(=O)c1cncc(C(=O)Nc2ccc(Cl)cc2)c1. The van der Waals surface area contributed by atoms with Crippen LogP contribution in [0.15, 0.2) is 67.0 Å². The van der Waals surface area contributed by atoms with Crippen LogP contribution in [0.1, 0.15) is 26.3 Å². The van der Waals surface area contributed by atoms with Gasteiger partial charge in [-0.25, -0.2) is 0 Å². The van der Waals surface area contributed by atoms with Gasteiger partial charge in [0.15, 0.2) is 0 Å². The van der Waals surface area contributed by atoms with E-state index in [1.807, 2.05) is 24.3 Å². The van der Waals surface area contributed by atoms with Gasteiger partial charge in [-0.05, 0) is 36.4 Å². The number of nitrogens with zero attached hydrogens (tertiary/aromatic N) is 1. The second-order valence-corrected chi connectivity index (χ2v) is 6.35. The Morgan fingerprint density at radius 3 is 2.39 bits per heavy atom. The first-order valence-corrected chi connectivity index (χ1v) is 8.86. The Hall–Kier alpha value is -3.38. The zero-order chi connectivity index (χ0) is 19.9. The van der Waals surface area contributed by atoms with Gasteiger partial charge in [-0.1, -0.05) is 29.8 Å². The number of hydrogen-bond acceptors (Lipinski definition) is 4. The van der Waals surface area contributed by atoms with Crippen LogP contribution in [0.4, 0.5) is 5.69 Å². The molecule has 0 aliphatic carbocycles. The lowest BCUT2D eigenvalue weighted by atomic mass is 10.1. The number of carbonyl (C=O) groups excluding carboxylic acids is 2. The van der Waals surface area contributed by atoms with E-state index in [9.17, 15) is 9.59 Å². The molecule has 1 aromatic heterocycles. The van der Waals surface area contributed by atoms with Gasteiger partial charge in [-0.15, -0.1) is 0 Å². The summed E-state index contributed by atoms with van der Waals surface area (Å²) in [6, 6.07) is 15.7. The number of methoxy groups -OCH3 is 1. The summed E-state index contributed by atoms with van der Waals surface area (Å²) in [4.78, 5) is 28.9. The fourth-order valence-electron chi connectivity index (χ4n) is 2.55. The Morgan fingerprint density at radius 2 is 1.68 bits per heavy atom. The van der Waals surface area contributed by atoms with Crippen molar-refractivity contribution in [2.45, 2.75) is 6.54 Å². The van der Waals surface area contributed by atoms with Crippen LogP contribution in [-0.4, -0.2) is 23.9 Å². The standard InChI is InChI=1S/C21H18ClN3O3/c1-28-19-5-3-2-4-14(19)13-24-20(26)15-10-16(12-23-11-15)21(27)25-18-8-6-17(22)7-9-18/h2-12H,13H2,1H3,(H,24,26)(H,25,27). The second kappa shape index (κ2) is 9.01. The first-order chi connectivity index (χ1) is 13.6. The van der Waals surface area contributed by atoms with Crippen LogP contribution >= 0.6 is 11.6 Å². The molecular weight excluding hydrogens is 378 g/mol. The minimum Gasteiger partial charge on any atom is -0.496 e. The van der Waals surface area contributed by atoms with Crippen molar-refractivity contribution in [2.24, 2.45) is 0 Å². The van der Waals surface area contributed by atoms with E-state index in [1.165, 1.54) is 18.5 Å². The van der Waals surface area contributed by atoms with Crippen molar-refractivity contribution in [2.75, 3.05) is 12.4 Å². The van der Waals surface area contributed by atoms with Gasteiger partial charge in [0.1, 0.15) is 5.75 Å². The molecule has 0 bridgehead atoms. The van der Waals surface area contributed by atoms with Gasteiger partial charge >= 0.3 is 0 Å². The summed E-state index contributed by atoms with van der Waals surface area (Å²) in [6.45, 7) is 0.296. The zero-order valence-electron chi connectivity index (χ0n) is 15.1. The maximum Gasteiger partial charge on any atom is 0.257 e. The molecule has 6 nitrogen and oxygen atoms in total. The molecule has 0 radical (unpaired) electrons. The van der Waals surface area contributed by atoms with Crippen LogP contribution in [-0.2, 0) is 6.54 Å². The highest BCUT2D eigenvalue weighted by Gasteiger charge is 2.12. The van der Waals surface area contributed by atoms with Crippen LogP contribution in [0.2, 0.25) is 5.02 Å². The lowest BCUT2D eigenvalue weighted by Crippen LogP contribution is -2.24. The molecule has 0 atom stereocenters. The quantitative estimate of drug-likeness (QED) is 0.662. The van der Waals surface area contributed by atoms with Crippen molar-refractivity contribution in [1.82, 2.24) is 10.3 Å². The predicted octanol–water partition coefficient (Wildman–Crippen LogP) is 3.93. The van der Waals surface area contributed by atoms with Gasteiger partial charge in [0, 0.05) is 35.2 Å². The van der Waals surface area contributed by atoms with Crippen molar-refractivity contribution < 1.29 is 14.3 Å². The smallest absolute Gasteiger partial charge is 0.257 e. The number of rotatable bonds is 6. The molecule has 28 heavy (non-hydrogen) atoms. The molecule has 2 amide bonds. The number of pyridine rings is 1. The van der Waals surface area contributed by atoms with E-state index in [4.69, 9.17) is 16.3 Å². The van der Waals surface area contributed by atoms with Crippen molar-refractivity contribution >= 4 is 29.1 Å². The lowest BCUT2D eigenvalue weighted by Gasteiger charge is -2.10. The highest BCUT2D eigenvalue weighted by Crippen LogP contribution is 2.17. The fraction of sp³-hybridized carbons (Fsp3) is 0.0952. The fourth-order valence-corrected chi connectivity index (χ4v) is 2.68. The van der Waals surface area contributed by atoms with Gasteiger partial charge < -0.3 is 15.4 Å². The van der Waals surface area contributed by atoms with Crippen LogP contribution in [0.3, 0.4) is 0 Å². The molecule has 0 saturated carbocycles. The van der Waals surface area contributed by atoms with Gasteiger partial charge in [-0.2, -0.15) is 0 Å². The highest BCUT2D eigenvalue weighted by atomic mass is 35.5. The molecule has 0 unspecified atom stereocenters. The molecule has 0 fully saturated rings. The number of hydrogen-bond donors (Lipinski definition) is 2. The van der Waals surface area contributed by atoms with Crippen LogP contribution < -0.4 is 15.4 Å². The number of para-hydroxylation sites is 1. The maximum absolute atomic E-state index is 12.4. The van der Waals surface area contributed by atoms with E-state index < -0.39 is 0 Å². The van der Waals surface area contributed by atoms with Gasteiger partial charge in [0.25, 0.3) is 11.8 Å². The molecule has 7 heteroatoms. The number of nitrogens with one attached hydrogen (secondary N) is 2. The van der Waals surface area contributed by atoms with Gasteiger partial charge in [0.2, 0.25) is 0 Å². The summed E-state index contributed by atoms with van der Waals surface area (Å²) in [5.41, 5.74) is 2.02. The first kappa shape index (κ1) is 19.4. The average molecular weight is 396 g/mol. The molecule has 3 rings (SSSR count). The van der Waals surface area contributed by atoms with Crippen LogP contribution in [0.25, 0.3) is 0 Å². The lowest BCUT2D eigenvalue weighted by molar-refractivity contribution is 0.0950. The van der Waals surface area contributed by atoms with E-state index in [1.54, 1.807) is 31.4 Å². The summed E-state index contributed by atoms with van der Waals surface area (Å²) in [7, 11) is 1.58. The molecule has 0 spiro atoms. The molecule has 2 N–H and O–H groups in total. The number of anilines is 1. The summed E-state index contributed by atoms with van der Waals surface area (Å²) >= 11 is 5.84. The van der Waals surface area contributed by atoms with Crippen molar-refractivity contribution in [3.63, 3.8) is 0 Å². The summed E-state index contributed by atoms with van der Waals surface area (Å²) < 4.78 is 5.27. The van der Waals surface area contributed by atoms with E-state index in [-0.39, 0.29) is 17.4 Å². The monoisotopic (exact) mass is 395 g/mol. The van der Waals surface area contributed by atoms with E-state index in [0.717, 1.165) is 5.56 Å². The predicted molar refractivity (Wildman–Crippen MR) is 108 cm³/mol. The number of ether oxygens (including phenoxy) is 1. The molecule has 0 aliphatic rings. The first-order valence-electron chi connectivity index (χ1n) is 8.49. The van der Waals surface area contributed by atoms with Crippen molar-refractivity contribution in [3.05, 3.63) is 88.7 Å².